The van der Waals surface area contributed by atoms with Crippen LogP contribution >= 0.6 is 0 Å². The highest BCUT2D eigenvalue weighted by atomic mass is 19.1. The Kier molecular flexibility index (Phi) is 7.60. The molecule has 0 fully saturated rings. The lowest BCUT2D eigenvalue weighted by Gasteiger charge is -2.13. The van der Waals surface area contributed by atoms with Crippen LogP contribution in [-0.2, 0) is 17.8 Å². The van der Waals surface area contributed by atoms with Gasteiger partial charge in [-0.3, -0.25) is 4.79 Å². The number of amides is 1. The number of likely N-dealkylation sites (N-methyl/N-ethyl adjacent to an activating group) is 1. The summed E-state index contributed by atoms with van der Waals surface area (Å²) in [6, 6.07) is 14.1. The van der Waals surface area contributed by atoms with Crippen molar-refractivity contribution in [2.75, 3.05) is 27.2 Å². The molecule has 0 aliphatic rings. The number of benzene rings is 2. The van der Waals surface area contributed by atoms with Crippen LogP contribution in [-0.4, -0.2) is 38.1 Å². The Bertz CT molecular complexity index is 701. The topological polar surface area (TPSA) is 41.6 Å². The van der Waals surface area contributed by atoms with E-state index in [1.165, 1.54) is 12.1 Å². The van der Waals surface area contributed by atoms with Crippen molar-refractivity contribution < 1.29 is 13.9 Å². The van der Waals surface area contributed by atoms with Crippen LogP contribution in [0.4, 0.5) is 4.39 Å². The van der Waals surface area contributed by atoms with Gasteiger partial charge in [0.05, 0.1) is 0 Å². The zero-order valence-corrected chi connectivity index (χ0v) is 15.7. The van der Waals surface area contributed by atoms with Gasteiger partial charge in [-0.2, -0.15) is 0 Å². The van der Waals surface area contributed by atoms with Crippen LogP contribution < -0.4 is 10.1 Å². The monoisotopic (exact) mass is 358 g/mol. The molecule has 1 unspecified atom stereocenters. The molecule has 1 atom stereocenters. The van der Waals surface area contributed by atoms with Gasteiger partial charge in [0.1, 0.15) is 18.2 Å². The van der Waals surface area contributed by atoms with E-state index in [0.717, 1.165) is 23.4 Å². The van der Waals surface area contributed by atoms with Gasteiger partial charge in [-0.15, -0.1) is 0 Å². The molecule has 26 heavy (non-hydrogen) atoms. The molecule has 2 aromatic carbocycles. The molecule has 0 aliphatic heterocycles. The van der Waals surface area contributed by atoms with Crippen LogP contribution in [0.15, 0.2) is 48.5 Å². The average Bonchev–Trinajstić information content (AvgIpc) is 2.60. The van der Waals surface area contributed by atoms with Crippen LogP contribution in [0, 0.1) is 11.7 Å². The van der Waals surface area contributed by atoms with Crippen LogP contribution in [0.3, 0.4) is 0 Å². The van der Waals surface area contributed by atoms with E-state index in [-0.39, 0.29) is 17.6 Å². The van der Waals surface area contributed by atoms with Crippen LogP contribution in [0.2, 0.25) is 0 Å². The van der Waals surface area contributed by atoms with Crippen LogP contribution in [0.1, 0.15) is 18.1 Å². The fourth-order valence-electron chi connectivity index (χ4n) is 2.52. The summed E-state index contributed by atoms with van der Waals surface area (Å²) in [5.41, 5.74) is 1.84. The molecule has 1 amide bonds. The molecule has 0 heterocycles. The van der Waals surface area contributed by atoms with Gasteiger partial charge in [-0.1, -0.05) is 31.2 Å². The van der Waals surface area contributed by atoms with E-state index in [0.29, 0.717) is 19.6 Å². The molecular weight excluding hydrogens is 331 g/mol. The van der Waals surface area contributed by atoms with Crippen LogP contribution in [0.25, 0.3) is 0 Å². The molecule has 0 saturated carbocycles. The number of hydrogen-bond donors (Lipinski definition) is 1. The number of ether oxygens (including phenoxy) is 1. The van der Waals surface area contributed by atoms with Gasteiger partial charge in [0, 0.05) is 19.0 Å². The summed E-state index contributed by atoms with van der Waals surface area (Å²) in [5.74, 6) is 0.287. The van der Waals surface area contributed by atoms with Gasteiger partial charge in [-0.05, 0) is 55.9 Å². The Labute approximate surface area is 155 Å². The number of hydrogen-bond acceptors (Lipinski definition) is 3. The Hall–Kier alpha value is -2.40. The lowest BCUT2D eigenvalue weighted by Crippen LogP contribution is -2.29. The molecule has 4 nitrogen and oxygen atoms in total. The summed E-state index contributed by atoms with van der Waals surface area (Å²) in [4.78, 5) is 14.3. The van der Waals surface area contributed by atoms with Crippen molar-refractivity contribution in [2.45, 2.75) is 19.9 Å². The molecule has 2 aromatic rings. The van der Waals surface area contributed by atoms with Crippen molar-refractivity contribution in [3.05, 3.63) is 65.5 Å². The van der Waals surface area contributed by atoms with Crippen molar-refractivity contribution in [3.63, 3.8) is 0 Å². The fraction of sp³-hybridized carbons (Fsp3) is 0.381. The van der Waals surface area contributed by atoms with Gasteiger partial charge in [0.25, 0.3) is 0 Å². The predicted molar refractivity (Wildman–Crippen MR) is 102 cm³/mol. The molecular formula is C21H27FN2O2. The second-order valence-electron chi connectivity index (χ2n) is 6.75. The summed E-state index contributed by atoms with van der Waals surface area (Å²) in [7, 11) is 4.01. The lowest BCUT2D eigenvalue weighted by molar-refractivity contribution is -0.124. The maximum atomic E-state index is 13.2. The third-order valence-corrected chi connectivity index (χ3v) is 4.08. The smallest absolute Gasteiger partial charge is 0.223 e. The third-order valence-electron chi connectivity index (χ3n) is 4.08. The molecule has 0 saturated heterocycles. The number of nitrogens with zero attached hydrogens (tertiary/aromatic N) is 1. The zero-order valence-electron chi connectivity index (χ0n) is 15.7. The lowest BCUT2D eigenvalue weighted by atomic mass is 10.0. The first kappa shape index (κ1) is 19.9. The van der Waals surface area contributed by atoms with E-state index in [4.69, 9.17) is 4.74 Å². The summed E-state index contributed by atoms with van der Waals surface area (Å²) in [6.45, 7) is 3.81. The van der Waals surface area contributed by atoms with Crippen molar-refractivity contribution in [1.29, 1.82) is 0 Å². The Morgan fingerprint density at radius 2 is 1.88 bits per heavy atom. The standard InChI is InChI=1S/C21H27FN2O2/c1-16(13-18-5-4-6-19(22)14-18)21(25)23-15-17-7-9-20(10-8-17)26-12-11-24(2)3/h4-10,14,16H,11-13,15H2,1-3H3,(H,23,25). The summed E-state index contributed by atoms with van der Waals surface area (Å²) < 4.78 is 18.9. The predicted octanol–water partition coefficient (Wildman–Crippen LogP) is 3.26. The summed E-state index contributed by atoms with van der Waals surface area (Å²) in [6.07, 6.45) is 0.516. The molecule has 0 aromatic heterocycles. The minimum absolute atomic E-state index is 0.0411. The molecule has 0 aliphatic carbocycles. The number of carbonyl (C=O) groups is 1. The van der Waals surface area contributed by atoms with E-state index in [2.05, 4.69) is 10.2 Å². The van der Waals surface area contributed by atoms with Crippen molar-refractivity contribution >= 4 is 5.91 Å². The SMILES string of the molecule is CC(Cc1cccc(F)c1)C(=O)NCc1ccc(OCCN(C)C)cc1. The second kappa shape index (κ2) is 9.92. The highest BCUT2D eigenvalue weighted by Crippen LogP contribution is 2.13. The Balaban J connectivity index is 1.77. The van der Waals surface area contributed by atoms with Gasteiger partial charge in [-0.25, -0.2) is 4.39 Å². The molecule has 1 N–H and O–H groups in total. The van der Waals surface area contributed by atoms with Gasteiger partial charge < -0.3 is 15.0 Å². The molecule has 0 radical (unpaired) electrons. The van der Waals surface area contributed by atoms with Gasteiger partial charge >= 0.3 is 0 Å². The van der Waals surface area contributed by atoms with Gasteiger partial charge in [0.2, 0.25) is 5.91 Å². The maximum Gasteiger partial charge on any atom is 0.223 e. The van der Waals surface area contributed by atoms with Crippen molar-refractivity contribution in [1.82, 2.24) is 10.2 Å². The summed E-state index contributed by atoms with van der Waals surface area (Å²) in [5, 5.41) is 2.93. The molecule has 0 spiro atoms. The zero-order chi connectivity index (χ0) is 18.9. The van der Waals surface area contributed by atoms with E-state index >= 15 is 0 Å². The quantitative estimate of drug-likeness (QED) is 0.748. The van der Waals surface area contributed by atoms with E-state index in [9.17, 15) is 9.18 Å². The van der Waals surface area contributed by atoms with E-state index in [1.807, 2.05) is 51.4 Å². The first-order valence-electron chi connectivity index (χ1n) is 8.82. The van der Waals surface area contributed by atoms with E-state index in [1.54, 1.807) is 6.07 Å². The summed E-state index contributed by atoms with van der Waals surface area (Å²) >= 11 is 0. The molecule has 140 valence electrons. The Morgan fingerprint density at radius 3 is 2.54 bits per heavy atom. The number of halogens is 1. The van der Waals surface area contributed by atoms with Crippen molar-refractivity contribution in [3.8, 4) is 5.75 Å². The largest absolute Gasteiger partial charge is 0.492 e. The number of carbonyl (C=O) groups excluding carboxylic acids is 1. The van der Waals surface area contributed by atoms with Crippen molar-refractivity contribution in [2.24, 2.45) is 5.92 Å². The second-order valence-corrected chi connectivity index (χ2v) is 6.75. The third kappa shape index (κ3) is 6.84. The minimum Gasteiger partial charge on any atom is -0.492 e. The number of rotatable bonds is 9. The van der Waals surface area contributed by atoms with Crippen LogP contribution in [0.5, 0.6) is 5.75 Å². The number of nitrogens with one attached hydrogen (secondary N) is 1. The van der Waals surface area contributed by atoms with Gasteiger partial charge in [0.15, 0.2) is 0 Å². The molecule has 0 bridgehead atoms. The first-order chi connectivity index (χ1) is 12.4. The maximum absolute atomic E-state index is 13.2. The molecule has 5 heteroatoms. The Morgan fingerprint density at radius 1 is 1.15 bits per heavy atom. The minimum atomic E-state index is -0.275. The first-order valence-corrected chi connectivity index (χ1v) is 8.82. The highest BCUT2D eigenvalue weighted by Gasteiger charge is 2.13. The average molecular weight is 358 g/mol. The highest BCUT2D eigenvalue weighted by molar-refractivity contribution is 5.78. The molecule has 2 rings (SSSR count). The normalized spacial score (nSPS) is 12.0. The fourth-order valence-corrected chi connectivity index (χ4v) is 2.52. The van der Waals surface area contributed by atoms with E-state index < -0.39 is 0 Å².